The van der Waals surface area contributed by atoms with Crippen LogP contribution in [-0.2, 0) is 12.8 Å². The highest BCUT2D eigenvalue weighted by Gasteiger charge is 2.04. The Morgan fingerprint density at radius 3 is 2.00 bits per heavy atom. The Kier molecular flexibility index (Phi) is 8.08. The van der Waals surface area contributed by atoms with Crippen molar-refractivity contribution in [2.45, 2.75) is 78.1 Å². The van der Waals surface area contributed by atoms with Crippen molar-refractivity contribution >= 4 is 16.8 Å². The van der Waals surface area contributed by atoms with Gasteiger partial charge in [-0.2, -0.15) is 0 Å². The third-order valence-corrected chi connectivity index (χ3v) is 4.97. The third kappa shape index (κ3) is 5.51. The molecule has 0 aromatic heterocycles. The number of fused-ring (bicyclic) bond motifs is 1. The van der Waals surface area contributed by atoms with Crippen molar-refractivity contribution in [3.63, 3.8) is 0 Å². The SMILES string of the molecule is C=Cc1cc(CCCCCC)cc2cc(CCCCCC)ccc12. The summed E-state index contributed by atoms with van der Waals surface area (Å²) < 4.78 is 0. The summed E-state index contributed by atoms with van der Waals surface area (Å²) in [4.78, 5) is 0. The van der Waals surface area contributed by atoms with Gasteiger partial charge in [-0.25, -0.2) is 0 Å². The third-order valence-electron chi connectivity index (χ3n) is 4.97. The molecule has 0 heteroatoms. The summed E-state index contributed by atoms with van der Waals surface area (Å²) in [7, 11) is 0. The summed E-state index contributed by atoms with van der Waals surface area (Å²) in [5.74, 6) is 0. The molecule has 0 N–H and O–H groups in total. The molecule has 0 saturated heterocycles. The Bertz CT molecular complexity index is 631. The highest BCUT2D eigenvalue weighted by atomic mass is 14.1. The Morgan fingerprint density at radius 1 is 0.750 bits per heavy atom. The molecule has 0 fully saturated rings. The first-order chi connectivity index (χ1) is 11.8. The molecule has 2 aromatic carbocycles. The van der Waals surface area contributed by atoms with Crippen molar-refractivity contribution in [1.29, 1.82) is 0 Å². The van der Waals surface area contributed by atoms with Gasteiger partial charge >= 0.3 is 0 Å². The zero-order valence-corrected chi connectivity index (χ0v) is 15.7. The van der Waals surface area contributed by atoms with Gasteiger partial charge in [0, 0.05) is 0 Å². The Hall–Kier alpha value is -1.56. The van der Waals surface area contributed by atoms with Crippen LogP contribution in [0.1, 0.15) is 81.9 Å². The van der Waals surface area contributed by atoms with E-state index in [1.54, 1.807) is 0 Å². The van der Waals surface area contributed by atoms with Crippen LogP contribution in [0.2, 0.25) is 0 Å². The zero-order valence-electron chi connectivity index (χ0n) is 15.7. The number of hydrogen-bond donors (Lipinski definition) is 0. The zero-order chi connectivity index (χ0) is 17.2. The molecule has 0 atom stereocenters. The molecule has 0 nitrogen and oxygen atoms in total. The lowest BCUT2D eigenvalue weighted by Crippen LogP contribution is -1.91. The van der Waals surface area contributed by atoms with Gasteiger partial charge in [-0.05, 0) is 53.1 Å². The molecule has 0 aliphatic heterocycles. The van der Waals surface area contributed by atoms with Gasteiger partial charge in [0.05, 0.1) is 0 Å². The standard InChI is InChI=1S/C24H34/c1-4-7-9-11-13-20-15-16-24-22(6-3)18-21(19-23(24)17-20)14-12-10-8-5-2/h6,15-19H,3-5,7-14H2,1-2H3. The minimum absolute atomic E-state index is 1.19. The first-order valence-electron chi connectivity index (χ1n) is 9.96. The predicted molar refractivity (Wildman–Crippen MR) is 110 cm³/mol. The van der Waals surface area contributed by atoms with Crippen molar-refractivity contribution in [2.24, 2.45) is 0 Å². The van der Waals surface area contributed by atoms with E-state index in [2.05, 4.69) is 50.8 Å². The van der Waals surface area contributed by atoms with Gasteiger partial charge in [0.1, 0.15) is 0 Å². The Balaban J connectivity index is 2.13. The summed E-state index contributed by atoms with van der Waals surface area (Å²) in [6.07, 6.45) is 15.0. The molecule has 2 rings (SSSR count). The van der Waals surface area contributed by atoms with Crippen LogP contribution >= 0.6 is 0 Å². The van der Waals surface area contributed by atoms with Crippen LogP contribution < -0.4 is 0 Å². The monoisotopic (exact) mass is 322 g/mol. The topological polar surface area (TPSA) is 0 Å². The van der Waals surface area contributed by atoms with E-state index in [1.165, 1.54) is 91.7 Å². The summed E-state index contributed by atoms with van der Waals surface area (Å²) in [6.45, 7) is 8.57. The Morgan fingerprint density at radius 2 is 1.38 bits per heavy atom. The smallest absolute Gasteiger partial charge is 0.0111 e. The quantitative estimate of drug-likeness (QED) is 0.371. The number of unbranched alkanes of at least 4 members (excludes halogenated alkanes) is 6. The molecule has 0 aliphatic carbocycles. The second-order valence-corrected chi connectivity index (χ2v) is 7.07. The minimum atomic E-state index is 1.19. The maximum Gasteiger partial charge on any atom is -0.0111 e. The number of aryl methyl sites for hydroxylation is 2. The average Bonchev–Trinajstić information content (AvgIpc) is 2.61. The van der Waals surface area contributed by atoms with E-state index < -0.39 is 0 Å². The highest BCUT2D eigenvalue weighted by Crippen LogP contribution is 2.25. The fourth-order valence-corrected chi connectivity index (χ4v) is 3.49. The van der Waals surface area contributed by atoms with E-state index in [-0.39, 0.29) is 0 Å². The lowest BCUT2D eigenvalue weighted by Gasteiger charge is -2.10. The first-order valence-corrected chi connectivity index (χ1v) is 9.96. The molecule has 130 valence electrons. The molecular weight excluding hydrogens is 288 g/mol. The van der Waals surface area contributed by atoms with Gasteiger partial charge in [0.15, 0.2) is 0 Å². The minimum Gasteiger partial charge on any atom is -0.0984 e. The molecule has 2 aromatic rings. The van der Waals surface area contributed by atoms with E-state index in [1.807, 2.05) is 6.08 Å². The van der Waals surface area contributed by atoms with Crippen molar-refractivity contribution in [3.05, 3.63) is 53.6 Å². The summed E-state index contributed by atoms with van der Waals surface area (Å²) >= 11 is 0. The van der Waals surface area contributed by atoms with Gasteiger partial charge in [-0.1, -0.05) is 95.4 Å². The predicted octanol–water partition coefficient (Wildman–Crippen LogP) is 7.73. The van der Waals surface area contributed by atoms with E-state index >= 15 is 0 Å². The van der Waals surface area contributed by atoms with E-state index in [0.29, 0.717) is 0 Å². The molecular formula is C24H34. The second kappa shape index (κ2) is 10.3. The van der Waals surface area contributed by atoms with Crippen LogP contribution in [0.4, 0.5) is 0 Å². The normalized spacial score (nSPS) is 11.1. The van der Waals surface area contributed by atoms with Crippen LogP contribution in [-0.4, -0.2) is 0 Å². The van der Waals surface area contributed by atoms with Crippen molar-refractivity contribution in [3.8, 4) is 0 Å². The molecule has 0 aliphatic rings. The maximum atomic E-state index is 4.02. The van der Waals surface area contributed by atoms with Gasteiger partial charge in [-0.3, -0.25) is 0 Å². The van der Waals surface area contributed by atoms with Crippen LogP contribution in [0.25, 0.3) is 16.8 Å². The van der Waals surface area contributed by atoms with E-state index in [9.17, 15) is 0 Å². The van der Waals surface area contributed by atoms with Crippen molar-refractivity contribution in [2.75, 3.05) is 0 Å². The van der Waals surface area contributed by atoms with Crippen LogP contribution in [0.15, 0.2) is 36.9 Å². The maximum absolute atomic E-state index is 4.02. The van der Waals surface area contributed by atoms with Gasteiger partial charge in [-0.15, -0.1) is 0 Å². The molecule has 0 bridgehead atoms. The summed E-state index contributed by atoms with van der Waals surface area (Å²) in [6, 6.07) is 11.8. The summed E-state index contributed by atoms with van der Waals surface area (Å²) in [5, 5.41) is 2.74. The first kappa shape index (κ1) is 18.8. The van der Waals surface area contributed by atoms with Crippen LogP contribution in [0, 0.1) is 0 Å². The largest absolute Gasteiger partial charge is 0.0984 e. The van der Waals surface area contributed by atoms with Crippen LogP contribution in [0.5, 0.6) is 0 Å². The molecule has 24 heavy (non-hydrogen) atoms. The van der Waals surface area contributed by atoms with Gasteiger partial charge in [0.2, 0.25) is 0 Å². The van der Waals surface area contributed by atoms with Crippen molar-refractivity contribution in [1.82, 2.24) is 0 Å². The highest BCUT2D eigenvalue weighted by molar-refractivity contribution is 5.91. The second-order valence-electron chi connectivity index (χ2n) is 7.07. The number of hydrogen-bond acceptors (Lipinski definition) is 0. The number of benzene rings is 2. The lowest BCUT2D eigenvalue weighted by molar-refractivity contribution is 0.666. The molecule has 0 amide bonds. The molecule has 0 radical (unpaired) electrons. The van der Waals surface area contributed by atoms with Gasteiger partial charge in [0.25, 0.3) is 0 Å². The Labute approximate surface area is 149 Å². The fourth-order valence-electron chi connectivity index (χ4n) is 3.49. The average molecular weight is 323 g/mol. The lowest BCUT2D eigenvalue weighted by atomic mass is 9.95. The van der Waals surface area contributed by atoms with E-state index in [0.717, 1.165) is 0 Å². The van der Waals surface area contributed by atoms with Crippen LogP contribution in [0.3, 0.4) is 0 Å². The van der Waals surface area contributed by atoms with Crippen molar-refractivity contribution < 1.29 is 0 Å². The number of rotatable bonds is 11. The molecule has 0 saturated carbocycles. The molecule has 0 heterocycles. The summed E-state index contributed by atoms with van der Waals surface area (Å²) in [5.41, 5.74) is 4.24. The molecule has 0 spiro atoms. The van der Waals surface area contributed by atoms with E-state index in [4.69, 9.17) is 0 Å². The molecule has 0 unspecified atom stereocenters. The fraction of sp³-hybridized carbons (Fsp3) is 0.500. The van der Waals surface area contributed by atoms with Gasteiger partial charge < -0.3 is 0 Å².